The Morgan fingerprint density at radius 3 is 2.49 bits per heavy atom. The van der Waals surface area contributed by atoms with Gasteiger partial charge in [0.05, 0.1) is 19.9 Å². The Kier molecular flexibility index (Phi) is 6.89. The summed E-state index contributed by atoms with van der Waals surface area (Å²) >= 11 is 0. The zero-order valence-corrected chi connectivity index (χ0v) is 21.0. The third kappa shape index (κ3) is 4.91. The molecule has 8 nitrogen and oxygen atoms in total. The van der Waals surface area contributed by atoms with Crippen LogP contribution < -0.4 is 14.8 Å². The van der Waals surface area contributed by atoms with E-state index >= 15 is 0 Å². The molecule has 0 unspecified atom stereocenters. The highest BCUT2D eigenvalue weighted by Gasteiger charge is 2.21. The van der Waals surface area contributed by atoms with Crippen LogP contribution in [0.15, 0.2) is 71.4 Å². The topological polar surface area (TPSA) is 102 Å². The number of methoxy groups -OCH3 is 2. The van der Waals surface area contributed by atoms with Crippen molar-refractivity contribution in [2.45, 2.75) is 19.8 Å². The maximum absolute atomic E-state index is 13.3. The van der Waals surface area contributed by atoms with Crippen LogP contribution in [0.5, 0.6) is 11.5 Å². The van der Waals surface area contributed by atoms with E-state index in [0.29, 0.717) is 41.9 Å². The first-order valence-electron chi connectivity index (χ1n) is 12.1. The quantitative estimate of drug-likeness (QED) is 0.240. The van der Waals surface area contributed by atoms with E-state index in [1.165, 1.54) is 0 Å². The fourth-order valence-corrected chi connectivity index (χ4v) is 4.35. The molecule has 0 atom stereocenters. The number of ether oxygens (including phenoxy) is 2. The molecule has 0 amide bonds. The number of furan rings is 1. The summed E-state index contributed by atoms with van der Waals surface area (Å²) in [6, 6.07) is 17.2. The van der Waals surface area contributed by atoms with E-state index in [0.717, 1.165) is 39.8 Å². The summed E-state index contributed by atoms with van der Waals surface area (Å²) in [7, 11) is 3.21. The van der Waals surface area contributed by atoms with Crippen molar-refractivity contribution in [3.8, 4) is 22.6 Å². The molecule has 0 radical (unpaired) electrons. The lowest BCUT2D eigenvalue weighted by atomic mass is 10.0. The largest absolute Gasteiger partial charge is 0.493 e. The van der Waals surface area contributed by atoms with Crippen molar-refractivity contribution in [1.82, 2.24) is 15.0 Å². The number of aromatic amines is 1. The van der Waals surface area contributed by atoms with Crippen molar-refractivity contribution in [2.75, 3.05) is 26.1 Å². The van der Waals surface area contributed by atoms with E-state index in [-0.39, 0.29) is 5.78 Å². The van der Waals surface area contributed by atoms with Gasteiger partial charge in [-0.2, -0.15) is 0 Å². The Morgan fingerprint density at radius 2 is 1.76 bits per heavy atom. The smallest absolute Gasteiger partial charge is 0.244 e. The molecule has 0 bridgehead atoms. The molecule has 5 rings (SSSR count). The number of benzene rings is 2. The van der Waals surface area contributed by atoms with Gasteiger partial charge in [-0.25, -0.2) is 9.97 Å². The van der Waals surface area contributed by atoms with E-state index < -0.39 is 0 Å². The molecule has 5 aromatic rings. The molecule has 3 aromatic heterocycles. The molecule has 37 heavy (non-hydrogen) atoms. The number of anilines is 1. The summed E-state index contributed by atoms with van der Waals surface area (Å²) < 4.78 is 16.4. The van der Waals surface area contributed by atoms with Gasteiger partial charge in [0.25, 0.3) is 0 Å². The lowest BCUT2D eigenvalue weighted by Crippen LogP contribution is -2.11. The summed E-state index contributed by atoms with van der Waals surface area (Å²) in [5, 5.41) is 4.28. The van der Waals surface area contributed by atoms with Crippen molar-refractivity contribution >= 4 is 22.6 Å². The van der Waals surface area contributed by atoms with Crippen molar-refractivity contribution in [3.63, 3.8) is 0 Å². The molecular weight excluding hydrogens is 468 g/mol. The van der Waals surface area contributed by atoms with Crippen LogP contribution in [0.2, 0.25) is 0 Å². The van der Waals surface area contributed by atoms with Gasteiger partial charge in [-0.3, -0.25) is 4.79 Å². The summed E-state index contributed by atoms with van der Waals surface area (Å²) in [6.45, 7) is 2.55. The number of H-pyrrole nitrogens is 1. The highest BCUT2D eigenvalue weighted by atomic mass is 16.5. The minimum absolute atomic E-state index is 0.151. The van der Waals surface area contributed by atoms with Gasteiger partial charge in [0, 0.05) is 41.8 Å². The zero-order chi connectivity index (χ0) is 25.8. The SMILES string of the molecule is CCc1ccc(C(=O)c2[nH]c3ccccc3c2CCNc2ncc(-c3ccc(OC)c(OC)c3)cn2)o1. The number of hydrogen-bond donors (Lipinski definition) is 2. The number of nitrogens with one attached hydrogen (secondary N) is 2. The van der Waals surface area contributed by atoms with Crippen molar-refractivity contribution in [2.24, 2.45) is 0 Å². The van der Waals surface area contributed by atoms with E-state index in [9.17, 15) is 4.79 Å². The number of para-hydroxylation sites is 1. The number of hydrogen-bond acceptors (Lipinski definition) is 7. The van der Waals surface area contributed by atoms with Gasteiger partial charge in [0.15, 0.2) is 17.3 Å². The molecule has 0 saturated heterocycles. The van der Waals surface area contributed by atoms with Gasteiger partial charge in [-0.1, -0.05) is 31.2 Å². The first-order chi connectivity index (χ1) is 18.1. The highest BCUT2D eigenvalue weighted by molar-refractivity contribution is 6.10. The molecule has 2 N–H and O–H groups in total. The van der Waals surface area contributed by atoms with Crippen LogP contribution in [0, 0.1) is 0 Å². The van der Waals surface area contributed by atoms with Gasteiger partial charge < -0.3 is 24.2 Å². The third-order valence-electron chi connectivity index (χ3n) is 6.30. The number of ketones is 1. The van der Waals surface area contributed by atoms with Crippen LogP contribution in [0.4, 0.5) is 5.95 Å². The van der Waals surface area contributed by atoms with Crippen LogP contribution in [0.3, 0.4) is 0 Å². The summed E-state index contributed by atoms with van der Waals surface area (Å²) in [5.74, 6) is 2.80. The fourth-order valence-electron chi connectivity index (χ4n) is 4.35. The first kappa shape index (κ1) is 24.1. The molecule has 2 aromatic carbocycles. The maximum Gasteiger partial charge on any atom is 0.244 e. The van der Waals surface area contributed by atoms with Crippen LogP contribution in [-0.4, -0.2) is 41.5 Å². The summed E-state index contributed by atoms with van der Waals surface area (Å²) in [4.78, 5) is 25.5. The average molecular weight is 497 g/mol. The lowest BCUT2D eigenvalue weighted by Gasteiger charge is -2.10. The predicted molar refractivity (Wildman–Crippen MR) is 143 cm³/mol. The number of rotatable bonds is 10. The predicted octanol–water partition coefficient (Wildman–Crippen LogP) is 5.68. The second kappa shape index (κ2) is 10.6. The van der Waals surface area contributed by atoms with E-state index in [2.05, 4.69) is 20.3 Å². The number of carbonyl (C=O) groups is 1. The van der Waals surface area contributed by atoms with Crippen molar-refractivity contribution < 1.29 is 18.7 Å². The molecule has 0 aliphatic heterocycles. The third-order valence-corrected chi connectivity index (χ3v) is 6.30. The summed E-state index contributed by atoms with van der Waals surface area (Å²) in [6.07, 6.45) is 4.87. The minimum Gasteiger partial charge on any atom is -0.493 e. The molecular formula is C29H28N4O4. The van der Waals surface area contributed by atoms with Crippen LogP contribution >= 0.6 is 0 Å². The van der Waals surface area contributed by atoms with Crippen molar-refractivity contribution in [3.05, 3.63) is 89.8 Å². The zero-order valence-electron chi connectivity index (χ0n) is 21.0. The minimum atomic E-state index is -0.151. The van der Waals surface area contributed by atoms with E-state index in [4.69, 9.17) is 13.9 Å². The number of fused-ring (bicyclic) bond motifs is 1. The molecule has 8 heteroatoms. The monoisotopic (exact) mass is 496 g/mol. The van der Waals surface area contributed by atoms with Crippen LogP contribution in [0.1, 0.15) is 34.5 Å². The second-order valence-corrected chi connectivity index (χ2v) is 8.51. The average Bonchev–Trinajstić information content (AvgIpc) is 3.58. The fraction of sp³-hybridized carbons (Fsp3) is 0.207. The Balaban J connectivity index is 1.32. The Labute approximate surface area is 214 Å². The molecule has 188 valence electrons. The molecule has 0 spiro atoms. The number of aryl methyl sites for hydroxylation is 1. The Hall–Kier alpha value is -4.59. The Bertz CT molecular complexity index is 1540. The molecule has 0 fully saturated rings. The molecule has 0 aliphatic carbocycles. The Morgan fingerprint density at radius 1 is 0.973 bits per heavy atom. The number of aromatic nitrogens is 3. The van der Waals surface area contributed by atoms with Gasteiger partial charge in [0.2, 0.25) is 11.7 Å². The molecule has 3 heterocycles. The van der Waals surface area contributed by atoms with E-state index in [1.54, 1.807) is 32.7 Å². The van der Waals surface area contributed by atoms with E-state index in [1.807, 2.05) is 55.5 Å². The number of carbonyl (C=O) groups excluding carboxylic acids is 1. The molecule has 0 saturated carbocycles. The number of nitrogens with zero attached hydrogens (tertiary/aromatic N) is 2. The standard InChI is InChI=1S/C29H28N4O4/c1-4-20-10-12-25(37-20)28(34)27-22(21-7-5-6-8-23(21)33-27)13-14-30-29-31-16-19(17-32-29)18-9-11-24(35-2)26(15-18)36-3/h5-12,15-17,33H,4,13-14H2,1-3H3,(H,30,31,32). The van der Waals surface area contributed by atoms with Gasteiger partial charge >= 0.3 is 0 Å². The van der Waals surface area contributed by atoms with Crippen molar-refractivity contribution in [1.29, 1.82) is 0 Å². The van der Waals surface area contributed by atoms with Gasteiger partial charge in [-0.05, 0) is 47.9 Å². The first-order valence-corrected chi connectivity index (χ1v) is 12.1. The summed E-state index contributed by atoms with van der Waals surface area (Å²) in [5.41, 5.74) is 4.18. The normalized spacial score (nSPS) is 11.0. The van der Waals surface area contributed by atoms with Crippen LogP contribution in [0.25, 0.3) is 22.0 Å². The van der Waals surface area contributed by atoms with Gasteiger partial charge in [-0.15, -0.1) is 0 Å². The highest BCUT2D eigenvalue weighted by Crippen LogP contribution is 2.32. The second-order valence-electron chi connectivity index (χ2n) is 8.51. The lowest BCUT2D eigenvalue weighted by molar-refractivity contribution is 0.100. The molecule has 0 aliphatic rings. The van der Waals surface area contributed by atoms with Gasteiger partial charge in [0.1, 0.15) is 5.76 Å². The maximum atomic E-state index is 13.3. The van der Waals surface area contributed by atoms with Crippen LogP contribution in [-0.2, 0) is 12.8 Å².